The number of cyclic esters (lactones) is 1. The molecule has 2 N–H and O–H groups in total. The van der Waals surface area contributed by atoms with Crippen molar-refractivity contribution in [2.45, 2.75) is 95.3 Å². The van der Waals surface area contributed by atoms with E-state index in [0.717, 1.165) is 29.7 Å². The van der Waals surface area contributed by atoms with Crippen molar-refractivity contribution in [1.29, 1.82) is 0 Å². The summed E-state index contributed by atoms with van der Waals surface area (Å²) in [5.74, 6) is 0.0556. The maximum absolute atomic E-state index is 13.5. The van der Waals surface area contributed by atoms with E-state index >= 15 is 0 Å². The Morgan fingerprint density at radius 2 is 1.68 bits per heavy atom. The average Bonchev–Trinajstić information content (AvgIpc) is 3.17. The number of hydrogen-bond acceptors (Lipinski definition) is 4. The number of ether oxygens (including phenoxy) is 1. The molecule has 4 rings (SSSR count). The Bertz CT molecular complexity index is 1010. The largest absolute Gasteiger partial charge is 0.443 e. The molecular weight excluding hydrogens is 440 g/mol. The van der Waals surface area contributed by atoms with E-state index in [-0.39, 0.29) is 35.2 Å². The van der Waals surface area contributed by atoms with Gasteiger partial charge in [0.25, 0.3) is 0 Å². The number of carbonyl (C=O) groups is 1. The summed E-state index contributed by atoms with van der Waals surface area (Å²) in [6, 6.07) is 18.4. The van der Waals surface area contributed by atoms with Gasteiger partial charge >= 0.3 is 6.09 Å². The molecule has 2 saturated heterocycles. The standard InChI is InChI=1S/C28H40N2O3Si/c1-27(2,3)34(6,7)33-25(20-11-9-8-10-12-20)23-18-17-22-24(19-13-15-21(29)16-14-19)28(4,5)32-26(31)30(22)23/h8-16,22-25H,17-18,29H2,1-7H3/t22-,23-,24?,25?/m1/s1. The van der Waals surface area contributed by atoms with Gasteiger partial charge in [0.2, 0.25) is 0 Å². The highest BCUT2D eigenvalue weighted by atomic mass is 28.4. The van der Waals surface area contributed by atoms with Crippen molar-refractivity contribution < 1.29 is 14.0 Å². The molecule has 2 aromatic carbocycles. The lowest BCUT2D eigenvalue weighted by Gasteiger charge is -2.49. The number of benzene rings is 2. The molecule has 34 heavy (non-hydrogen) atoms. The molecule has 0 aliphatic carbocycles. The van der Waals surface area contributed by atoms with Crippen LogP contribution in [0, 0.1) is 0 Å². The SMILES string of the molecule is CC1(C)OC(=O)N2[C@@H](C(O[Si](C)(C)C(C)(C)C)c3ccccc3)CC[C@@H]2C1c1ccc(N)cc1. The van der Waals surface area contributed by atoms with Gasteiger partial charge in [-0.2, -0.15) is 0 Å². The van der Waals surface area contributed by atoms with Crippen molar-refractivity contribution in [3.8, 4) is 0 Å². The fourth-order valence-electron chi connectivity index (χ4n) is 5.40. The van der Waals surface area contributed by atoms with Crippen molar-refractivity contribution >= 4 is 20.1 Å². The van der Waals surface area contributed by atoms with E-state index in [9.17, 15) is 4.79 Å². The van der Waals surface area contributed by atoms with E-state index in [1.54, 1.807) is 0 Å². The fourth-order valence-corrected chi connectivity index (χ4v) is 6.68. The van der Waals surface area contributed by atoms with Crippen molar-refractivity contribution in [2.75, 3.05) is 5.73 Å². The highest BCUT2D eigenvalue weighted by molar-refractivity contribution is 6.74. The number of anilines is 1. The van der Waals surface area contributed by atoms with Crippen LogP contribution in [-0.2, 0) is 9.16 Å². The molecule has 0 spiro atoms. The first-order valence-electron chi connectivity index (χ1n) is 12.4. The van der Waals surface area contributed by atoms with Gasteiger partial charge < -0.3 is 14.9 Å². The third-order valence-electron chi connectivity index (χ3n) is 8.17. The molecule has 2 fully saturated rings. The van der Waals surface area contributed by atoms with Gasteiger partial charge in [-0.15, -0.1) is 0 Å². The second-order valence-electron chi connectivity index (χ2n) is 11.9. The van der Waals surface area contributed by atoms with Crippen molar-refractivity contribution in [3.05, 3.63) is 65.7 Å². The first-order chi connectivity index (χ1) is 15.8. The summed E-state index contributed by atoms with van der Waals surface area (Å²) in [5.41, 5.74) is 8.38. The highest BCUT2D eigenvalue weighted by Gasteiger charge is 2.56. The Kier molecular flexibility index (Phi) is 6.36. The summed E-state index contributed by atoms with van der Waals surface area (Å²) < 4.78 is 13.2. The van der Waals surface area contributed by atoms with Gasteiger partial charge in [-0.1, -0.05) is 63.2 Å². The van der Waals surface area contributed by atoms with Gasteiger partial charge in [-0.05, 0) is 68.1 Å². The molecule has 5 nitrogen and oxygen atoms in total. The maximum Gasteiger partial charge on any atom is 0.410 e. The summed E-state index contributed by atoms with van der Waals surface area (Å²) in [6.45, 7) is 15.4. The Morgan fingerprint density at radius 1 is 1.06 bits per heavy atom. The number of fused-ring (bicyclic) bond motifs is 1. The molecule has 0 saturated carbocycles. The van der Waals surface area contributed by atoms with Crippen molar-refractivity contribution in [2.24, 2.45) is 0 Å². The first-order valence-corrected chi connectivity index (χ1v) is 15.3. The summed E-state index contributed by atoms with van der Waals surface area (Å²) in [5, 5.41) is 0.0644. The number of nitrogen functional groups attached to an aromatic ring is 1. The topological polar surface area (TPSA) is 64.8 Å². The zero-order valence-corrected chi connectivity index (χ0v) is 22.7. The van der Waals surface area contributed by atoms with E-state index in [0.29, 0.717) is 0 Å². The minimum atomic E-state index is -2.11. The minimum Gasteiger partial charge on any atom is -0.443 e. The highest BCUT2D eigenvalue weighted by Crippen LogP contribution is 2.50. The number of rotatable bonds is 5. The number of hydrogen-bond donors (Lipinski definition) is 1. The van der Waals surface area contributed by atoms with Crippen LogP contribution in [0.4, 0.5) is 10.5 Å². The van der Waals surface area contributed by atoms with Crippen LogP contribution in [0.5, 0.6) is 0 Å². The molecule has 4 atom stereocenters. The maximum atomic E-state index is 13.5. The Balaban J connectivity index is 1.73. The third-order valence-corrected chi connectivity index (χ3v) is 12.6. The lowest BCUT2D eigenvalue weighted by molar-refractivity contribution is -0.0739. The molecule has 184 valence electrons. The molecule has 2 aliphatic heterocycles. The zero-order chi connectivity index (χ0) is 24.9. The number of carbonyl (C=O) groups excluding carboxylic acids is 1. The van der Waals surface area contributed by atoms with Crippen LogP contribution in [0.15, 0.2) is 54.6 Å². The Morgan fingerprint density at radius 3 is 2.26 bits per heavy atom. The number of nitrogens with zero attached hydrogens (tertiary/aromatic N) is 1. The fraction of sp³-hybridized carbons (Fsp3) is 0.536. The van der Waals surface area contributed by atoms with E-state index in [1.807, 2.05) is 36.9 Å². The van der Waals surface area contributed by atoms with Gasteiger partial charge in [-0.3, -0.25) is 4.90 Å². The molecular formula is C28H40N2O3Si. The van der Waals surface area contributed by atoms with E-state index < -0.39 is 13.9 Å². The summed E-state index contributed by atoms with van der Waals surface area (Å²) in [6.07, 6.45) is 1.38. The van der Waals surface area contributed by atoms with Crippen molar-refractivity contribution in [1.82, 2.24) is 4.90 Å². The van der Waals surface area contributed by atoms with Crippen LogP contribution < -0.4 is 5.73 Å². The smallest absolute Gasteiger partial charge is 0.410 e. The van der Waals surface area contributed by atoms with Crippen LogP contribution in [0.3, 0.4) is 0 Å². The molecule has 1 amide bonds. The third kappa shape index (κ3) is 4.50. The van der Waals surface area contributed by atoms with Gasteiger partial charge in [0.1, 0.15) is 5.60 Å². The van der Waals surface area contributed by atoms with Crippen molar-refractivity contribution in [3.63, 3.8) is 0 Å². The van der Waals surface area contributed by atoms with E-state index in [4.69, 9.17) is 14.9 Å². The summed E-state index contributed by atoms with van der Waals surface area (Å²) >= 11 is 0. The van der Waals surface area contributed by atoms with Gasteiger partial charge in [0.05, 0.1) is 12.1 Å². The second kappa shape index (κ2) is 8.72. The second-order valence-corrected chi connectivity index (χ2v) is 16.7. The van der Waals surface area contributed by atoms with Crippen LogP contribution in [0.1, 0.15) is 70.6 Å². The average molecular weight is 481 g/mol. The molecule has 2 unspecified atom stereocenters. The molecule has 2 heterocycles. The molecule has 6 heteroatoms. The summed E-state index contributed by atoms with van der Waals surface area (Å²) in [7, 11) is -2.11. The lowest BCUT2D eigenvalue weighted by Crippen LogP contribution is -2.58. The Hall–Kier alpha value is -2.31. The Labute approximate surface area is 205 Å². The monoisotopic (exact) mass is 480 g/mol. The quantitative estimate of drug-likeness (QED) is 0.374. The first kappa shape index (κ1) is 24.8. The predicted molar refractivity (Wildman–Crippen MR) is 140 cm³/mol. The van der Waals surface area contributed by atoms with Gasteiger partial charge in [0, 0.05) is 17.6 Å². The predicted octanol–water partition coefficient (Wildman–Crippen LogP) is 6.88. The lowest BCUT2D eigenvalue weighted by atomic mass is 9.77. The molecule has 0 bridgehead atoms. The normalized spacial score (nSPS) is 25.6. The number of amides is 1. The molecule has 0 aromatic heterocycles. The molecule has 0 radical (unpaired) electrons. The van der Waals surface area contributed by atoms with E-state index in [2.05, 4.69) is 70.3 Å². The minimum absolute atomic E-state index is 0.0547. The van der Waals surface area contributed by atoms with Crippen LogP contribution in [-0.4, -0.2) is 37.0 Å². The van der Waals surface area contributed by atoms with Crippen LogP contribution in [0.25, 0.3) is 0 Å². The van der Waals surface area contributed by atoms with E-state index in [1.165, 1.54) is 0 Å². The summed E-state index contributed by atoms with van der Waals surface area (Å²) in [4.78, 5) is 15.5. The molecule has 2 aromatic rings. The number of nitrogens with two attached hydrogens (primary N) is 1. The van der Waals surface area contributed by atoms with Crippen LogP contribution >= 0.6 is 0 Å². The van der Waals surface area contributed by atoms with Gasteiger partial charge in [-0.25, -0.2) is 4.79 Å². The zero-order valence-electron chi connectivity index (χ0n) is 21.7. The molecule has 2 aliphatic rings. The van der Waals surface area contributed by atoms with Gasteiger partial charge in [0.15, 0.2) is 8.32 Å². The van der Waals surface area contributed by atoms with Crippen LogP contribution in [0.2, 0.25) is 18.1 Å².